The third kappa shape index (κ3) is 5.05. The van der Waals surface area contributed by atoms with E-state index in [4.69, 9.17) is 26.8 Å². The van der Waals surface area contributed by atoms with E-state index in [9.17, 15) is 9.59 Å². The molecule has 0 unspecified atom stereocenters. The van der Waals surface area contributed by atoms with E-state index in [-0.39, 0.29) is 12.5 Å². The first-order chi connectivity index (χ1) is 13.4. The average molecular weight is 418 g/mol. The highest BCUT2D eigenvalue weighted by Crippen LogP contribution is 2.32. The Balaban J connectivity index is 1.78. The number of nitrogens with zero attached hydrogens (tertiary/aromatic N) is 1. The number of primary amides is 1. The van der Waals surface area contributed by atoms with E-state index in [1.807, 2.05) is 0 Å². The van der Waals surface area contributed by atoms with Crippen molar-refractivity contribution in [3.8, 4) is 11.5 Å². The molecule has 2 amide bonds. The minimum Gasteiger partial charge on any atom is -0.493 e. The first-order valence-corrected chi connectivity index (χ1v) is 9.28. The molecule has 0 atom stereocenters. The summed E-state index contributed by atoms with van der Waals surface area (Å²) >= 11 is 7.09. The number of methoxy groups -OCH3 is 1. The van der Waals surface area contributed by atoms with Crippen molar-refractivity contribution in [3.63, 3.8) is 0 Å². The van der Waals surface area contributed by atoms with Gasteiger partial charge in [-0.05, 0) is 59.8 Å². The van der Waals surface area contributed by atoms with E-state index in [2.05, 4.69) is 10.3 Å². The number of nitrogens with two attached hydrogens (primary N) is 1. The lowest BCUT2D eigenvalue weighted by molar-refractivity contribution is -0.120. The molecule has 1 heterocycles. The molecule has 1 aliphatic rings. The maximum Gasteiger partial charge on any atom is 0.264 e. The summed E-state index contributed by atoms with van der Waals surface area (Å²) in [4.78, 5) is 28.0. The third-order valence-electron chi connectivity index (χ3n) is 3.56. The zero-order chi connectivity index (χ0) is 20.1. The maximum absolute atomic E-state index is 12.2. The van der Waals surface area contributed by atoms with Gasteiger partial charge in [0.25, 0.3) is 11.8 Å². The summed E-state index contributed by atoms with van der Waals surface area (Å²) in [6.07, 6.45) is 1.71. The molecule has 3 rings (SSSR count). The van der Waals surface area contributed by atoms with E-state index >= 15 is 0 Å². The van der Waals surface area contributed by atoms with Crippen LogP contribution in [-0.4, -0.2) is 30.7 Å². The Morgan fingerprint density at radius 3 is 2.68 bits per heavy atom. The lowest BCUT2D eigenvalue weighted by atomic mass is 10.2. The number of hydrogen-bond donors (Lipinski definition) is 2. The normalized spacial score (nSPS) is 16.3. The van der Waals surface area contributed by atoms with Crippen LogP contribution in [0.15, 0.2) is 52.4 Å². The number of aliphatic imine (C=N–C) groups is 1. The Morgan fingerprint density at radius 2 is 2.00 bits per heavy atom. The lowest BCUT2D eigenvalue weighted by Gasteiger charge is -2.10. The molecule has 9 heteroatoms. The number of amides is 2. The zero-order valence-electron chi connectivity index (χ0n) is 14.8. The van der Waals surface area contributed by atoms with Crippen LogP contribution in [0.25, 0.3) is 6.08 Å². The predicted molar refractivity (Wildman–Crippen MR) is 110 cm³/mol. The van der Waals surface area contributed by atoms with Crippen LogP contribution in [0.2, 0.25) is 5.02 Å². The fraction of sp³-hybridized carbons (Fsp3) is 0.105. The van der Waals surface area contributed by atoms with Gasteiger partial charge in [-0.25, -0.2) is 4.99 Å². The van der Waals surface area contributed by atoms with Crippen molar-refractivity contribution in [1.29, 1.82) is 0 Å². The monoisotopic (exact) mass is 417 g/mol. The van der Waals surface area contributed by atoms with Gasteiger partial charge in [0.1, 0.15) is 0 Å². The summed E-state index contributed by atoms with van der Waals surface area (Å²) in [5.74, 6) is -0.0171. The highest BCUT2D eigenvalue weighted by Gasteiger charge is 2.24. The van der Waals surface area contributed by atoms with Gasteiger partial charge >= 0.3 is 0 Å². The van der Waals surface area contributed by atoms with E-state index in [0.29, 0.717) is 32.3 Å². The van der Waals surface area contributed by atoms with Crippen LogP contribution < -0.4 is 20.5 Å². The van der Waals surface area contributed by atoms with Crippen LogP contribution in [0, 0.1) is 0 Å². The predicted octanol–water partition coefficient (Wildman–Crippen LogP) is 3.10. The summed E-state index contributed by atoms with van der Waals surface area (Å²) in [6.45, 7) is -0.250. The second-order valence-corrected chi connectivity index (χ2v) is 7.09. The number of benzene rings is 2. The summed E-state index contributed by atoms with van der Waals surface area (Å²) in [6, 6.07) is 12.1. The van der Waals surface area contributed by atoms with Gasteiger partial charge in [0.05, 0.1) is 17.7 Å². The fourth-order valence-electron chi connectivity index (χ4n) is 2.31. The first-order valence-electron chi connectivity index (χ1n) is 8.09. The summed E-state index contributed by atoms with van der Waals surface area (Å²) in [5.41, 5.74) is 6.50. The molecule has 28 heavy (non-hydrogen) atoms. The van der Waals surface area contributed by atoms with Crippen LogP contribution >= 0.6 is 23.4 Å². The molecule has 1 aliphatic heterocycles. The Bertz CT molecular complexity index is 974. The molecular weight excluding hydrogens is 402 g/mol. The summed E-state index contributed by atoms with van der Waals surface area (Å²) in [7, 11) is 1.48. The molecule has 2 aromatic carbocycles. The van der Waals surface area contributed by atoms with E-state index in [1.165, 1.54) is 18.9 Å². The average Bonchev–Trinajstić information content (AvgIpc) is 3.01. The number of hydrogen-bond acceptors (Lipinski definition) is 6. The zero-order valence-corrected chi connectivity index (χ0v) is 16.3. The van der Waals surface area contributed by atoms with Crippen molar-refractivity contribution in [1.82, 2.24) is 5.32 Å². The van der Waals surface area contributed by atoms with E-state index in [1.54, 1.807) is 48.5 Å². The molecule has 0 radical (unpaired) electrons. The van der Waals surface area contributed by atoms with E-state index < -0.39 is 5.91 Å². The molecule has 1 saturated heterocycles. The lowest BCUT2D eigenvalue weighted by Crippen LogP contribution is -2.20. The van der Waals surface area contributed by atoms with Crippen molar-refractivity contribution < 1.29 is 19.1 Å². The first kappa shape index (κ1) is 19.8. The largest absolute Gasteiger partial charge is 0.493 e. The highest BCUT2D eigenvalue weighted by atomic mass is 35.5. The third-order valence-corrected chi connectivity index (χ3v) is 4.73. The van der Waals surface area contributed by atoms with Crippen LogP contribution in [0.5, 0.6) is 11.5 Å². The number of carbonyl (C=O) groups excluding carboxylic acids is 2. The van der Waals surface area contributed by atoms with Crippen molar-refractivity contribution in [2.75, 3.05) is 13.7 Å². The molecule has 3 N–H and O–H groups in total. The van der Waals surface area contributed by atoms with Crippen molar-refractivity contribution in [2.24, 2.45) is 10.7 Å². The summed E-state index contributed by atoms with van der Waals surface area (Å²) in [5, 5.41) is 3.82. The molecule has 7 nitrogen and oxygen atoms in total. The molecule has 2 aromatic rings. The Hall–Kier alpha value is -2.97. The SMILES string of the molecule is COc1cc(C=C2SC(=Nc3ccc(Cl)cc3)NC2=O)ccc1OCC(N)=O. The van der Waals surface area contributed by atoms with Crippen molar-refractivity contribution in [3.05, 3.63) is 58.0 Å². The number of nitrogens with one attached hydrogen (secondary N) is 1. The van der Waals surface area contributed by atoms with Gasteiger partial charge in [-0.3, -0.25) is 9.59 Å². The Morgan fingerprint density at radius 1 is 1.25 bits per heavy atom. The van der Waals surface area contributed by atoms with Crippen LogP contribution in [0.3, 0.4) is 0 Å². The van der Waals surface area contributed by atoms with E-state index in [0.717, 1.165) is 5.56 Å². The topological polar surface area (TPSA) is 103 Å². The number of ether oxygens (including phenoxy) is 2. The Kier molecular flexibility index (Phi) is 6.23. The van der Waals surface area contributed by atoms with Crippen LogP contribution in [0.1, 0.15) is 5.56 Å². The Labute approximate surface area is 170 Å². The molecule has 0 aromatic heterocycles. The van der Waals surface area contributed by atoms with Gasteiger partial charge in [-0.15, -0.1) is 0 Å². The number of amidine groups is 1. The molecule has 0 aliphatic carbocycles. The standard InChI is InChI=1S/C19H16ClN3O4S/c1-26-15-8-11(2-7-14(15)27-10-17(21)24)9-16-18(25)23-19(28-16)22-13-5-3-12(20)4-6-13/h2-9H,10H2,1H3,(H2,21,24)(H,22,23,25). The summed E-state index contributed by atoms with van der Waals surface area (Å²) < 4.78 is 10.6. The number of carbonyl (C=O) groups is 2. The van der Waals surface area contributed by atoms with Crippen molar-refractivity contribution in [2.45, 2.75) is 0 Å². The van der Waals surface area contributed by atoms with Crippen LogP contribution in [0.4, 0.5) is 5.69 Å². The molecule has 144 valence electrons. The van der Waals surface area contributed by atoms with Gasteiger partial charge in [0.2, 0.25) is 0 Å². The van der Waals surface area contributed by atoms with Gasteiger partial charge in [0.15, 0.2) is 23.3 Å². The van der Waals surface area contributed by atoms with Crippen LogP contribution in [-0.2, 0) is 9.59 Å². The quantitative estimate of drug-likeness (QED) is 0.703. The molecule has 1 fully saturated rings. The molecule has 0 saturated carbocycles. The molecule has 0 spiro atoms. The van der Waals surface area contributed by atoms with Gasteiger partial charge in [-0.2, -0.15) is 0 Å². The number of thioether (sulfide) groups is 1. The second-order valence-electron chi connectivity index (χ2n) is 5.62. The molecule has 0 bridgehead atoms. The van der Waals surface area contributed by atoms with Gasteiger partial charge in [-0.1, -0.05) is 17.7 Å². The fourth-order valence-corrected chi connectivity index (χ4v) is 3.27. The smallest absolute Gasteiger partial charge is 0.264 e. The van der Waals surface area contributed by atoms with Gasteiger partial charge < -0.3 is 20.5 Å². The second kappa shape index (κ2) is 8.81. The molecular formula is C19H16ClN3O4S. The van der Waals surface area contributed by atoms with Gasteiger partial charge in [0, 0.05) is 5.02 Å². The number of rotatable bonds is 6. The minimum absolute atomic E-state index is 0.245. The number of halogens is 1. The highest BCUT2D eigenvalue weighted by molar-refractivity contribution is 8.18. The maximum atomic E-state index is 12.2. The minimum atomic E-state index is -0.584. The van der Waals surface area contributed by atoms with Crippen molar-refractivity contribution >= 4 is 52.1 Å².